The largest absolute Gasteiger partial charge is 0.501 e. The van der Waals surface area contributed by atoms with Gasteiger partial charge in [-0.1, -0.05) is 70.5 Å². The number of piperidine rings is 1. The van der Waals surface area contributed by atoms with E-state index in [-0.39, 0.29) is 16.9 Å². The number of sulfone groups is 1. The van der Waals surface area contributed by atoms with E-state index >= 15 is 0 Å². The molecule has 2 atom stereocenters. The van der Waals surface area contributed by atoms with Gasteiger partial charge in [0.2, 0.25) is 0 Å². The number of rotatable bonds is 15. The Morgan fingerprint density at radius 2 is 1.60 bits per heavy atom. The summed E-state index contributed by atoms with van der Waals surface area (Å²) in [4.78, 5) is 14.7. The highest BCUT2D eigenvalue weighted by Crippen LogP contribution is 2.38. The summed E-state index contributed by atoms with van der Waals surface area (Å²) in [5.74, 6) is 0.00982. The average molecular weight is 973 g/mol. The van der Waals surface area contributed by atoms with Crippen LogP contribution < -0.4 is 10.0 Å². The fourth-order valence-corrected chi connectivity index (χ4v) is 11.6. The lowest BCUT2D eigenvalue weighted by Crippen LogP contribution is -2.46. The molecule has 0 spiro atoms. The van der Waals surface area contributed by atoms with Crippen molar-refractivity contribution in [3.05, 3.63) is 125 Å². The predicted molar refractivity (Wildman–Crippen MR) is 242 cm³/mol. The van der Waals surface area contributed by atoms with Gasteiger partial charge < -0.3 is 5.32 Å². The van der Waals surface area contributed by atoms with Gasteiger partial charge in [0.05, 0.1) is 21.7 Å². The first-order valence-corrected chi connectivity index (χ1v) is 24.9. The van der Waals surface area contributed by atoms with Gasteiger partial charge in [-0.25, -0.2) is 26.8 Å². The van der Waals surface area contributed by atoms with Crippen LogP contribution in [0, 0.1) is 0 Å². The maximum Gasteiger partial charge on any atom is 0.501 e. The van der Waals surface area contributed by atoms with E-state index in [4.69, 9.17) is 0 Å². The fourth-order valence-electron chi connectivity index (χ4n) is 8.00. The Morgan fingerprint density at radius 3 is 2.29 bits per heavy atom. The number of sulfonamides is 1. The van der Waals surface area contributed by atoms with Gasteiger partial charge in [-0.15, -0.1) is 11.8 Å². The third-order valence-corrected chi connectivity index (χ3v) is 16.1. The van der Waals surface area contributed by atoms with E-state index in [0.29, 0.717) is 49.3 Å². The molecular weight excluding hydrogens is 924 g/mol. The molecule has 330 valence electrons. The van der Waals surface area contributed by atoms with Crippen LogP contribution in [0.25, 0.3) is 11.1 Å². The van der Waals surface area contributed by atoms with Crippen molar-refractivity contribution in [2.45, 2.75) is 83.3 Å². The number of alkyl halides is 3. The zero-order valence-corrected chi connectivity index (χ0v) is 38.6. The minimum atomic E-state index is -5.97. The summed E-state index contributed by atoms with van der Waals surface area (Å²) in [5.41, 5.74) is -1.12. The molecular formula is C44H49BrF3N7O4S3. The van der Waals surface area contributed by atoms with Crippen molar-refractivity contribution in [3.63, 3.8) is 0 Å². The lowest BCUT2D eigenvalue weighted by molar-refractivity contribution is -0.0435. The van der Waals surface area contributed by atoms with Crippen molar-refractivity contribution in [3.8, 4) is 11.1 Å². The molecule has 2 aliphatic rings. The monoisotopic (exact) mass is 971 g/mol. The number of halogens is 4. The molecule has 0 saturated carbocycles. The molecule has 0 aliphatic carbocycles. The molecule has 1 fully saturated rings. The molecule has 5 aromatic rings. The third kappa shape index (κ3) is 10.8. The molecule has 7 rings (SSSR count). The van der Waals surface area contributed by atoms with E-state index in [1.807, 2.05) is 49.3 Å². The Balaban J connectivity index is 1.02. The van der Waals surface area contributed by atoms with Crippen LogP contribution in [0.2, 0.25) is 0 Å². The topological polar surface area (TPSA) is 128 Å². The van der Waals surface area contributed by atoms with Crippen LogP contribution in [-0.2, 0) is 39.4 Å². The fraction of sp³-hybridized carbons (Fsp3) is 0.364. The first-order valence-electron chi connectivity index (χ1n) is 20.2. The van der Waals surface area contributed by atoms with Crippen molar-refractivity contribution in [2.75, 3.05) is 43.8 Å². The second-order valence-electron chi connectivity index (χ2n) is 15.9. The number of hydrogen-bond acceptors (Lipinski definition) is 11. The third-order valence-electron chi connectivity index (χ3n) is 11.3. The highest BCUT2D eigenvalue weighted by Gasteiger charge is 2.48. The highest BCUT2D eigenvalue weighted by atomic mass is 79.9. The van der Waals surface area contributed by atoms with Gasteiger partial charge in [-0.05, 0) is 119 Å². The molecule has 2 unspecified atom stereocenters. The molecule has 2 aliphatic heterocycles. The van der Waals surface area contributed by atoms with Gasteiger partial charge in [-0.3, -0.25) is 19.4 Å². The summed E-state index contributed by atoms with van der Waals surface area (Å²) in [6, 6.07) is 28.9. The quantitative estimate of drug-likeness (QED) is 0.0772. The minimum absolute atomic E-state index is 0.00982. The Bertz CT molecular complexity index is 2560. The maximum absolute atomic E-state index is 14.1. The lowest BCUT2D eigenvalue weighted by Gasteiger charge is -2.40. The minimum Gasteiger partial charge on any atom is -0.381 e. The van der Waals surface area contributed by atoms with Gasteiger partial charge >= 0.3 is 5.51 Å². The number of fused-ring (bicyclic) bond motifs is 1. The average Bonchev–Trinajstić information content (AvgIpc) is 3.24. The van der Waals surface area contributed by atoms with E-state index in [9.17, 15) is 30.0 Å². The SMILES string of the molecule is CC(CC(Sc1ccccc1)N(C)C)Nc1ccc(S(=O)(=O)Nc2ncnc3c2CCN(C2CCN(Cc4ccccc4-c4ccc(Br)cc4)CC2)C3)cc1S(=O)(=O)C(F)(F)F. The summed E-state index contributed by atoms with van der Waals surface area (Å²) in [6.07, 6.45) is 4.03. The van der Waals surface area contributed by atoms with Gasteiger partial charge in [0.15, 0.2) is 0 Å². The van der Waals surface area contributed by atoms with E-state index < -0.39 is 41.2 Å². The number of hydrogen-bond donors (Lipinski definition) is 2. The maximum atomic E-state index is 14.1. The summed E-state index contributed by atoms with van der Waals surface area (Å²) in [7, 11) is -6.82. The van der Waals surface area contributed by atoms with Crippen LogP contribution in [0.5, 0.6) is 0 Å². The first kappa shape index (κ1) is 46.0. The Kier molecular flexibility index (Phi) is 14.4. The van der Waals surface area contributed by atoms with Crippen molar-refractivity contribution < 1.29 is 30.0 Å². The van der Waals surface area contributed by atoms with E-state index in [0.717, 1.165) is 54.0 Å². The smallest absolute Gasteiger partial charge is 0.381 e. The standard InChI is InChI=1S/C44H49BrF3N7O4S3/c1-30(25-42(53(2)3)60-35-10-5-4-6-11-35)51-39-18-17-36(26-41(39)61(56,57)44(46,47)48)62(58,59)52-43-38-21-24-55(28-40(38)49-29-50-43)34-19-22-54(23-20-34)27-32-9-7-8-12-37(32)31-13-15-33(45)16-14-31/h4-18,26,29-30,34,42,51H,19-25,27-28H2,1-3H3,(H,49,50,52). The molecule has 18 heteroatoms. The number of anilines is 2. The second kappa shape index (κ2) is 19.4. The molecule has 0 amide bonds. The summed E-state index contributed by atoms with van der Waals surface area (Å²) < 4.78 is 99.4. The second-order valence-corrected chi connectivity index (χ2v) is 21.6. The van der Waals surface area contributed by atoms with Crippen LogP contribution in [0.4, 0.5) is 24.7 Å². The molecule has 0 bridgehead atoms. The summed E-state index contributed by atoms with van der Waals surface area (Å²) in [5, 5.41) is 2.80. The van der Waals surface area contributed by atoms with Gasteiger partial charge in [0.25, 0.3) is 19.9 Å². The molecule has 2 N–H and O–H groups in total. The number of nitrogens with zero attached hydrogens (tertiary/aromatic N) is 5. The van der Waals surface area contributed by atoms with Crippen LogP contribution in [0.3, 0.4) is 0 Å². The normalized spacial score (nSPS) is 16.8. The number of likely N-dealkylation sites (tertiary alicyclic amines) is 1. The highest BCUT2D eigenvalue weighted by molar-refractivity contribution is 9.10. The zero-order valence-electron chi connectivity index (χ0n) is 34.5. The van der Waals surface area contributed by atoms with E-state index in [1.54, 1.807) is 18.7 Å². The summed E-state index contributed by atoms with van der Waals surface area (Å²) >= 11 is 5.08. The number of aromatic nitrogens is 2. The van der Waals surface area contributed by atoms with Crippen molar-refractivity contribution in [1.82, 2.24) is 24.7 Å². The lowest BCUT2D eigenvalue weighted by atomic mass is 9.96. The Hall–Kier alpha value is -4.04. The van der Waals surface area contributed by atoms with Gasteiger partial charge in [0, 0.05) is 46.6 Å². The van der Waals surface area contributed by atoms with Crippen molar-refractivity contribution in [1.29, 1.82) is 0 Å². The van der Waals surface area contributed by atoms with E-state index in [1.165, 1.54) is 23.0 Å². The Morgan fingerprint density at radius 1 is 0.903 bits per heavy atom. The van der Waals surface area contributed by atoms with Crippen molar-refractivity contribution in [2.24, 2.45) is 0 Å². The summed E-state index contributed by atoms with van der Waals surface area (Å²) in [6.45, 7) is 5.52. The van der Waals surface area contributed by atoms with E-state index in [2.05, 4.69) is 94.3 Å². The zero-order chi connectivity index (χ0) is 44.2. The Labute approximate surface area is 374 Å². The molecule has 11 nitrogen and oxygen atoms in total. The van der Waals surface area contributed by atoms with Crippen LogP contribution in [-0.4, -0.2) is 98.2 Å². The number of thioether (sulfide) groups is 1. The molecule has 4 aromatic carbocycles. The van der Waals surface area contributed by atoms with Crippen molar-refractivity contribution >= 4 is 59.1 Å². The van der Waals surface area contributed by atoms with Gasteiger partial charge in [0.1, 0.15) is 17.0 Å². The molecule has 3 heterocycles. The molecule has 1 aromatic heterocycles. The van der Waals surface area contributed by atoms with Crippen LogP contribution >= 0.6 is 27.7 Å². The molecule has 62 heavy (non-hydrogen) atoms. The predicted octanol–water partition coefficient (Wildman–Crippen LogP) is 8.89. The van der Waals surface area contributed by atoms with Crippen LogP contribution in [0.1, 0.15) is 43.0 Å². The van der Waals surface area contributed by atoms with Crippen LogP contribution in [0.15, 0.2) is 123 Å². The number of benzene rings is 4. The molecule has 1 saturated heterocycles. The first-order chi connectivity index (χ1) is 29.5. The molecule has 0 radical (unpaired) electrons. The number of nitrogens with one attached hydrogen (secondary N) is 2. The van der Waals surface area contributed by atoms with Gasteiger partial charge in [-0.2, -0.15) is 13.2 Å².